The van der Waals surface area contributed by atoms with E-state index >= 15 is 0 Å². The third kappa shape index (κ3) is 5.01. The number of hydrogen-bond acceptors (Lipinski definition) is 4. The van der Waals surface area contributed by atoms with Crippen LogP contribution in [0.15, 0.2) is 57.9 Å². The van der Waals surface area contributed by atoms with E-state index in [1.54, 1.807) is 22.5 Å². The van der Waals surface area contributed by atoms with Gasteiger partial charge in [0.2, 0.25) is 10.0 Å². The molecule has 7 heteroatoms. The Morgan fingerprint density at radius 1 is 1.11 bits per heavy atom. The second kappa shape index (κ2) is 8.76. The lowest BCUT2D eigenvalue weighted by Gasteiger charge is -2.34. The molecule has 28 heavy (non-hydrogen) atoms. The summed E-state index contributed by atoms with van der Waals surface area (Å²) in [6, 6.07) is 13.9. The molecule has 0 aromatic heterocycles. The Labute approximate surface area is 175 Å². The summed E-state index contributed by atoms with van der Waals surface area (Å²) >= 11 is 3.37. The Morgan fingerprint density at radius 2 is 1.75 bits per heavy atom. The first-order valence-corrected chi connectivity index (χ1v) is 11.6. The van der Waals surface area contributed by atoms with Crippen LogP contribution in [0.3, 0.4) is 0 Å². The predicted molar refractivity (Wildman–Crippen MR) is 115 cm³/mol. The van der Waals surface area contributed by atoms with Gasteiger partial charge in [-0.2, -0.15) is 4.31 Å². The number of carbonyl (C=O) groups is 1. The summed E-state index contributed by atoms with van der Waals surface area (Å²) in [5.41, 5.74) is 1.22. The smallest absolute Gasteiger partial charge is 0.243 e. The molecular formula is C21H25BrN2O3S. The average Bonchev–Trinajstić information content (AvgIpc) is 2.66. The molecule has 1 fully saturated rings. The Hall–Kier alpha value is -1.70. The van der Waals surface area contributed by atoms with Crippen molar-refractivity contribution in [1.29, 1.82) is 0 Å². The topological polar surface area (TPSA) is 66.5 Å². The number of Topliss-reactive ketones (excluding diaryl/α,β-unsaturated/α-hetero) is 1. The van der Waals surface area contributed by atoms with Gasteiger partial charge in [0.05, 0.1) is 11.4 Å². The fourth-order valence-corrected chi connectivity index (χ4v) is 5.62. The number of carbonyl (C=O) groups excluding carboxylic acids is 1. The van der Waals surface area contributed by atoms with Gasteiger partial charge in [-0.05, 0) is 54.7 Å². The van der Waals surface area contributed by atoms with Gasteiger partial charge >= 0.3 is 0 Å². The molecule has 1 aliphatic heterocycles. The van der Waals surface area contributed by atoms with E-state index in [0.717, 1.165) is 16.6 Å². The number of benzene rings is 2. The number of anilines is 1. The predicted octanol–water partition coefficient (Wildman–Crippen LogP) is 4.41. The number of sulfonamides is 1. The van der Waals surface area contributed by atoms with Crippen molar-refractivity contribution in [3.8, 4) is 0 Å². The Balaban J connectivity index is 1.73. The average molecular weight is 465 g/mol. The van der Waals surface area contributed by atoms with E-state index in [4.69, 9.17) is 0 Å². The fraction of sp³-hybridized carbons (Fsp3) is 0.381. The summed E-state index contributed by atoms with van der Waals surface area (Å²) in [5.74, 6) is 0.511. The molecule has 0 radical (unpaired) electrons. The first-order valence-electron chi connectivity index (χ1n) is 9.38. The van der Waals surface area contributed by atoms with E-state index in [9.17, 15) is 13.2 Å². The number of piperidine rings is 1. The highest BCUT2D eigenvalue weighted by atomic mass is 79.9. The van der Waals surface area contributed by atoms with Gasteiger partial charge in [-0.3, -0.25) is 4.79 Å². The van der Waals surface area contributed by atoms with Crippen LogP contribution in [0.2, 0.25) is 0 Å². The van der Waals surface area contributed by atoms with Crippen LogP contribution < -0.4 is 5.32 Å². The molecule has 2 aromatic rings. The summed E-state index contributed by atoms with van der Waals surface area (Å²) in [6.07, 6.45) is 1.03. The zero-order valence-electron chi connectivity index (χ0n) is 16.1. The summed E-state index contributed by atoms with van der Waals surface area (Å²) < 4.78 is 28.6. The Bertz CT molecular complexity index is 934. The van der Waals surface area contributed by atoms with Crippen LogP contribution in [-0.2, 0) is 10.0 Å². The number of ketones is 1. The SMILES string of the molecule is CC1CC(C)CN(S(=O)(=O)c2cccc(C(=O)CNc3ccc(Br)cc3)c2)C1. The molecule has 1 saturated heterocycles. The van der Waals surface area contributed by atoms with Crippen LogP contribution in [0, 0.1) is 11.8 Å². The van der Waals surface area contributed by atoms with Crippen molar-refractivity contribution < 1.29 is 13.2 Å². The Kier molecular flexibility index (Phi) is 6.58. The highest BCUT2D eigenvalue weighted by molar-refractivity contribution is 9.10. The maximum atomic E-state index is 13.1. The lowest BCUT2D eigenvalue weighted by Crippen LogP contribution is -2.42. The van der Waals surface area contributed by atoms with Crippen molar-refractivity contribution in [1.82, 2.24) is 4.31 Å². The number of nitrogens with zero attached hydrogens (tertiary/aromatic N) is 1. The number of halogens is 1. The van der Waals surface area contributed by atoms with E-state index < -0.39 is 10.0 Å². The molecule has 2 atom stereocenters. The molecule has 5 nitrogen and oxygen atoms in total. The number of hydrogen-bond donors (Lipinski definition) is 1. The standard InChI is InChI=1S/C21H25BrN2O3S/c1-15-10-16(2)14-24(13-15)28(26,27)20-5-3-4-17(11-20)21(25)12-23-19-8-6-18(22)7-9-19/h3-9,11,15-16,23H,10,12-14H2,1-2H3. The van der Waals surface area contributed by atoms with Crippen LogP contribution in [0.1, 0.15) is 30.6 Å². The monoisotopic (exact) mass is 464 g/mol. The molecule has 2 aromatic carbocycles. The van der Waals surface area contributed by atoms with Crippen LogP contribution in [0.5, 0.6) is 0 Å². The summed E-state index contributed by atoms with van der Waals surface area (Å²) in [6.45, 7) is 5.30. The van der Waals surface area contributed by atoms with Gasteiger partial charge in [0.1, 0.15) is 0 Å². The molecule has 1 N–H and O–H groups in total. The molecule has 0 amide bonds. The normalized spacial score (nSPS) is 20.7. The quantitative estimate of drug-likeness (QED) is 0.642. The second-order valence-electron chi connectivity index (χ2n) is 7.58. The van der Waals surface area contributed by atoms with E-state index in [2.05, 4.69) is 35.1 Å². The first-order chi connectivity index (χ1) is 13.3. The minimum Gasteiger partial charge on any atom is -0.378 e. The largest absolute Gasteiger partial charge is 0.378 e. The van der Waals surface area contributed by atoms with E-state index in [1.165, 1.54) is 6.07 Å². The molecule has 2 unspecified atom stereocenters. The van der Waals surface area contributed by atoms with Crippen molar-refractivity contribution in [2.45, 2.75) is 25.2 Å². The highest BCUT2D eigenvalue weighted by Crippen LogP contribution is 2.27. The van der Waals surface area contributed by atoms with Crippen LogP contribution >= 0.6 is 15.9 Å². The first kappa shape index (κ1) is 21.0. The minimum atomic E-state index is -3.60. The summed E-state index contributed by atoms with van der Waals surface area (Å²) in [4.78, 5) is 12.7. The molecule has 3 rings (SSSR count). The molecule has 0 aliphatic carbocycles. The fourth-order valence-electron chi connectivity index (χ4n) is 3.63. The van der Waals surface area contributed by atoms with Gasteiger partial charge in [0.25, 0.3) is 0 Å². The van der Waals surface area contributed by atoms with Crippen molar-refractivity contribution in [2.75, 3.05) is 25.0 Å². The maximum absolute atomic E-state index is 13.1. The van der Waals surface area contributed by atoms with Gasteiger partial charge in [0.15, 0.2) is 5.78 Å². The van der Waals surface area contributed by atoms with Crippen molar-refractivity contribution >= 4 is 37.4 Å². The maximum Gasteiger partial charge on any atom is 0.243 e. The molecule has 150 valence electrons. The number of rotatable bonds is 6. The van der Waals surface area contributed by atoms with Crippen molar-refractivity contribution in [3.05, 3.63) is 58.6 Å². The second-order valence-corrected chi connectivity index (χ2v) is 10.4. The molecule has 1 heterocycles. The van der Waals surface area contributed by atoms with Crippen LogP contribution in [0.4, 0.5) is 5.69 Å². The zero-order valence-corrected chi connectivity index (χ0v) is 18.5. The lowest BCUT2D eigenvalue weighted by atomic mass is 9.94. The van der Waals surface area contributed by atoms with Gasteiger partial charge in [-0.25, -0.2) is 8.42 Å². The summed E-state index contributed by atoms with van der Waals surface area (Å²) in [5, 5.41) is 3.07. The van der Waals surface area contributed by atoms with E-state index in [1.807, 2.05) is 24.3 Å². The number of nitrogens with one attached hydrogen (secondary N) is 1. The van der Waals surface area contributed by atoms with Gasteiger partial charge in [0, 0.05) is 28.8 Å². The van der Waals surface area contributed by atoms with E-state index in [-0.39, 0.29) is 17.2 Å². The van der Waals surface area contributed by atoms with Gasteiger partial charge < -0.3 is 5.32 Å². The highest BCUT2D eigenvalue weighted by Gasteiger charge is 2.31. The molecular weight excluding hydrogens is 440 g/mol. The van der Waals surface area contributed by atoms with Crippen LogP contribution in [-0.4, -0.2) is 38.1 Å². The molecule has 1 aliphatic rings. The summed E-state index contributed by atoms with van der Waals surface area (Å²) in [7, 11) is -3.60. The third-order valence-electron chi connectivity index (χ3n) is 4.93. The van der Waals surface area contributed by atoms with E-state index in [0.29, 0.717) is 30.5 Å². The minimum absolute atomic E-state index is 0.100. The molecule has 0 saturated carbocycles. The van der Waals surface area contributed by atoms with Crippen LogP contribution in [0.25, 0.3) is 0 Å². The molecule has 0 spiro atoms. The van der Waals surface area contributed by atoms with Crippen molar-refractivity contribution in [2.24, 2.45) is 11.8 Å². The lowest BCUT2D eigenvalue weighted by molar-refractivity contribution is 0.101. The van der Waals surface area contributed by atoms with Gasteiger partial charge in [-0.15, -0.1) is 0 Å². The Morgan fingerprint density at radius 3 is 2.39 bits per heavy atom. The zero-order chi connectivity index (χ0) is 20.3. The molecule has 0 bridgehead atoms. The van der Waals surface area contributed by atoms with Crippen molar-refractivity contribution in [3.63, 3.8) is 0 Å². The van der Waals surface area contributed by atoms with Gasteiger partial charge in [-0.1, -0.05) is 41.9 Å². The third-order valence-corrected chi connectivity index (χ3v) is 7.28.